The number of aromatic nitrogens is 5. The summed E-state index contributed by atoms with van der Waals surface area (Å²) in [5.74, 6) is 2.88. The van der Waals surface area contributed by atoms with Gasteiger partial charge in [-0.25, -0.2) is 19.9 Å². The molecule has 0 saturated carbocycles. The van der Waals surface area contributed by atoms with E-state index in [4.69, 9.17) is 19.9 Å². The molecule has 0 aliphatic rings. The molecule has 2 heterocycles. The highest BCUT2D eigenvalue weighted by molar-refractivity contribution is 6.14. The Bertz CT molecular complexity index is 2580. The molecule has 7 aromatic carbocycles. The lowest BCUT2D eigenvalue weighted by atomic mass is 9.92. The first-order chi connectivity index (χ1) is 24.2. The van der Waals surface area contributed by atoms with E-state index in [1.807, 2.05) is 66.7 Å². The van der Waals surface area contributed by atoms with Crippen molar-refractivity contribution in [2.75, 3.05) is 0 Å². The van der Waals surface area contributed by atoms with Gasteiger partial charge in [0.2, 0.25) is 0 Å². The SMILES string of the molecule is CCc1nc2ccccc2n1-c1cc(-c2nc(-c3ccccc3)nc(-c3ccccc3)n2)cc(-c2cc3ccccc3c3ccccc23)c1. The van der Waals surface area contributed by atoms with Crippen molar-refractivity contribution < 1.29 is 0 Å². The monoisotopic (exact) mass is 629 g/mol. The molecule has 0 radical (unpaired) electrons. The smallest absolute Gasteiger partial charge is 0.164 e. The Kier molecular flexibility index (Phi) is 7.02. The van der Waals surface area contributed by atoms with Crippen molar-refractivity contribution in [1.29, 1.82) is 0 Å². The molecule has 0 aliphatic carbocycles. The van der Waals surface area contributed by atoms with Crippen LogP contribution < -0.4 is 0 Å². The molecule has 9 rings (SSSR count). The van der Waals surface area contributed by atoms with Crippen molar-refractivity contribution in [3.8, 4) is 51.0 Å². The molecule has 5 heteroatoms. The van der Waals surface area contributed by atoms with Crippen molar-refractivity contribution in [3.05, 3.63) is 164 Å². The van der Waals surface area contributed by atoms with Gasteiger partial charge in [-0.2, -0.15) is 0 Å². The van der Waals surface area contributed by atoms with Crippen molar-refractivity contribution in [1.82, 2.24) is 24.5 Å². The Balaban J connectivity index is 1.36. The van der Waals surface area contributed by atoms with Gasteiger partial charge in [-0.1, -0.05) is 128 Å². The van der Waals surface area contributed by atoms with Crippen LogP contribution in [-0.2, 0) is 6.42 Å². The highest BCUT2D eigenvalue weighted by Crippen LogP contribution is 2.38. The van der Waals surface area contributed by atoms with Crippen LogP contribution in [0.15, 0.2) is 158 Å². The molecular weight excluding hydrogens is 599 g/mol. The molecule has 0 spiro atoms. The van der Waals surface area contributed by atoms with Crippen LogP contribution in [0.4, 0.5) is 0 Å². The van der Waals surface area contributed by atoms with Gasteiger partial charge in [0.25, 0.3) is 0 Å². The second-order valence-corrected chi connectivity index (χ2v) is 12.2. The zero-order valence-electron chi connectivity index (χ0n) is 27.0. The summed E-state index contributed by atoms with van der Waals surface area (Å²) >= 11 is 0. The molecule has 0 saturated heterocycles. The second kappa shape index (κ2) is 12.0. The third-order valence-electron chi connectivity index (χ3n) is 9.16. The van der Waals surface area contributed by atoms with E-state index in [1.165, 1.54) is 21.5 Å². The van der Waals surface area contributed by atoms with Crippen LogP contribution in [0.2, 0.25) is 0 Å². The highest BCUT2D eigenvalue weighted by atomic mass is 15.1. The first-order valence-corrected chi connectivity index (χ1v) is 16.6. The zero-order chi connectivity index (χ0) is 32.7. The number of para-hydroxylation sites is 2. The Morgan fingerprint density at radius 2 is 1.00 bits per heavy atom. The molecule has 5 nitrogen and oxygen atoms in total. The van der Waals surface area contributed by atoms with Gasteiger partial charge in [0.1, 0.15) is 5.82 Å². The molecule has 0 aliphatic heterocycles. The van der Waals surface area contributed by atoms with Crippen molar-refractivity contribution in [3.63, 3.8) is 0 Å². The Labute approximate surface area is 284 Å². The molecule has 2 aromatic heterocycles. The van der Waals surface area contributed by atoms with Gasteiger partial charge in [-0.15, -0.1) is 0 Å². The number of aryl methyl sites for hydroxylation is 1. The molecule has 0 atom stereocenters. The molecule has 0 bridgehead atoms. The van der Waals surface area contributed by atoms with E-state index in [0.29, 0.717) is 17.5 Å². The van der Waals surface area contributed by atoms with Gasteiger partial charge in [-0.3, -0.25) is 4.57 Å². The third kappa shape index (κ3) is 5.13. The first-order valence-electron chi connectivity index (χ1n) is 16.6. The number of fused-ring (bicyclic) bond motifs is 4. The molecule has 0 unspecified atom stereocenters. The largest absolute Gasteiger partial charge is 0.296 e. The summed E-state index contributed by atoms with van der Waals surface area (Å²) in [5.41, 5.74) is 8.07. The number of imidazole rings is 1. The number of hydrogen-bond donors (Lipinski definition) is 0. The second-order valence-electron chi connectivity index (χ2n) is 12.2. The summed E-state index contributed by atoms with van der Waals surface area (Å²) in [7, 11) is 0. The van der Waals surface area contributed by atoms with Gasteiger partial charge in [0.05, 0.1) is 11.0 Å². The maximum absolute atomic E-state index is 5.13. The van der Waals surface area contributed by atoms with Gasteiger partial charge in [-0.05, 0) is 69.1 Å². The molecule has 232 valence electrons. The lowest BCUT2D eigenvalue weighted by Crippen LogP contribution is -2.03. The number of nitrogens with zero attached hydrogens (tertiary/aromatic N) is 5. The molecular formula is C44H31N5. The first kappa shape index (κ1) is 28.7. The molecule has 0 amide bonds. The van der Waals surface area contributed by atoms with E-state index in [9.17, 15) is 0 Å². The standard InChI is InChI=1S/C44H31N5/c1-2-41-45-39-23-13-14-24-40(39)49(41)34-26-32(38-28-31-19-9-10-20-35(31)36-21-11-12-22-37(36)38)25-33(27-34)44-47-42(29-15-5-3-6-16-29)46-43(48-44)30-17-7-4-8-18-30/h3-28H,2H2,1H3. The summed E-state index contributed by atoms with van der Waals surface area (Å²) in [4.78, 5) is 20.2. The molecule has 9 aromatic rings. The minimum atomic E-state index is 0.614. The number of benzene rings is 7. The van der Waals surface area contributed by atoms with Crippen molar-refractivity contribution in [2.24, 2.45) is 0 Å². The van der Waals surface area contributed by atoms with E-state index in [2.05, 4.69) is 102 Å². The summed E-state index contributed by atoms with van der Waals surface area (Å²) in [6.45, 7) is 2.16. The lowest BCUT2D eigenvalue weighted by Gasteiger charge is -2.16. The van der Waals surface area contributed by atoms with Crippen LogP contribution in [0, 0.1) is 0 Å². The van der Waals surface area contributed by atoms with E-state index in [-0.39, 0.29) is 0 Å². The van der Waals surface area contributed by atoms with Crippen LogP contribution in [0.3, 0.4) is 0 Å². The predicted molar refractivity (Wildman–Crippen MR) is 201 cm³/mol. The van der Waals surface area contributed by atoms with Gasteiger partial charge < -0.3 is 0 Å². The Morgan fingerprint density at radius 1 is 0.449 bits per heavy atom. The fourth-order valence-electron chi connectivity index (χ4n) is 6.86. The van der Waals surface area contributed by atoms with Crippen LogP contribution in [0.5, 0.6) is 0 Å². The van der Waals surface area contributed by atoms with Crippen molar-refractivity contribution in [2.45, 2.75) is 13.3 Å². The summed E-state index contributed by atoms with van der Waals surface area (Å²) in [6, 6.07) is 54.9. The highest BCUT2D eigenvalue weighted by Gasteiger charge is 2.18. The molecule has 0 fully saturated rings. The fraction of sp³-hybridized carbons (Fsp3) is 0.0455. The number of rotatable bonds is 6. The third-order valence-corrected chi connectivity index (χ3v) is 9.16. The fourth-order valence-corrected chi connectivity index (χ4v) is 6.86. The number of hydrogen-bond acceptors (Lipinski definition) is 4. The predicted octanol–water partition coefficient (Wildman–Crippen LogP) is 10.7. The lowest BCUT2D eigenvalue weighted by molar-refractivity contribution is 0.908. The minimum absolute atomic E-state index is 0.614. The van der Waals surface area contributed by atoms with E-state index < -0.39 is 0 Å². The van der Waals surface area contributed by atoms with Crippen LogP contribution in [0.1, 0.15) is 12.7 Å². The maximum Gasteiger partial charge on any atom is 0.164 e. The maximum atomic E-state index is 5.13. The van der Waals surface area contributed by atoms with Crippen LogP contribution >= 0.6 is 0 Å². The zero-order valence-corrected chi connectivity index (χ0v) is 27.0. The van der Waals surface area contributed by atoms with Crippen LogP contribution in [0.25, 0.3) is 83.6 Å². The normalized spacial score (nSPS) is 11.4. The van der Waals surface area contributed by atoms with E-state index >= 15 is 0 Å². The topological polar surface area (TPSA) is 56.5 Å². The average Bonchev–Trinajstić information content (AvgIpc) is 3.57. The Morgan fingerprint density at radius 3 is 1.69 bits per heavy atom. The van der Waals surface area contributed by atoms with E-state index in [0.717, 1.165) is 56.8 Å². The van der Waals surface area contributed by atoms with Gasteiger partial charge in [0.15, 0.2) is 17.5 Å². The van der Waals surface area contributed by atoms with Gasteiger partial charge >= 0.3 is 0 Å². The summed E-state index contributed by atoms with van der Waals surface area (Å²) < 4.78 is 2.28. The average molecular weight is 630 g/mol. The van der Waals surface area contributed by atoms with Crippen LogP contribution in [-0.4, -0.2) is 24.5 Å². The molecule has 49 heavy (non-hydrogen) atoms. The van der Waals surface area contributed by atoms with Crippen molar-refractivity contribution >= 4 is 32.6 Å². The summed E-state index contributed by atoms with van der Waals surface area (Å²) in [5, 5.41) is 4.86. The molecule has 0 N–H and O–H groups in total. The van der Waals surface area contributed by atoms with Gasteiger partial charge in [0, 0.05) is 28.8 Å². The van der Waals surface area contributed by atoms with E-state index in [1.54, 1.807) is 0 Å². The Hall–Kier alpha value is -6.46. The minimum Gasteiger partial charge on any atom is -0.296 e. The summed E-state index contributed by atoms with van der Waals surface area (Å²) in [6.07, 6.45) is 0.787. The quantitative estimate of drug-likeness (QED) is 0.172.